The van der Waals surface area contributed by atoms with Crippen LogP contribution in [0.4, 0.5) is 4.79 Å². The molecule has 1 aromatic carbocycles. The van der Waals surface area contributed by atoms with Crippen LogP contribution < -0.4 is 10.6 Å². The highest BCUT2D eigenvalue weighted by Crippen LogP contribution is 2.19. The number of hydrogen-bond acceptors (Lipinski definition) is 5. The minimum atomic E-state index is -0.765. The van der Waals surface area contributed by atoms with E-state index in [1.807, 2.05) is 19.9 Å². The molecule has 7 nitrogen and oxygen atoms in total. The minimum Gasteiger partial charge on any atom is -0.450 e. The number of para-hydroxylation sites is 1. The van der Waals surface area contributed by atoms with Crippen LogP contribution in [0.1, 0.15) is 24.4 Å². The van der Waals surface area contributed by atoms with Gasteiger partial charge in [0.1, 0.15) is 5.58 Å². The van der Waals surface area contributed by atoms with Crippen LogP contribution in [0.15, 0.2) is 34.7 Å². The van der Waals surface area contributed by atoms with Gasteiger partial charge in [-0.15, -0.1) is 0 Å². The van der Waals surface area contributed by atoms with Gasteiger partial charge >= 0.3 is 12.0 Å². The van der Waals surface area contributed by atoms with E-state index in [2.05, 4.69) is 10.6 Å². The first-order valence-electron chi connectivity index (χ1n) is 7.19. The summed E-state index contributed by atoms with van der Waals surface area (Å²) in [6, 6.07) is 8.02. The van der Waals surface area contributed by atoms with E-state index >= 15 is 0 Å². The van der Waals surface area contributed by atoms with Crippen molar-refractivity contribution in [3.05, 3.63) is 36.1 Å². The van der Waals surface area contributed by atoms with E-state index in [0.29, 0.717) is 12.1 Å². The van der Waals surface area contributed by atoms with Crippen molar-refractivity contribution in [2.75, 3.05) is 13.2 Å². The van der Waals surface area contributed by atoms with Crippen molar-refractivity contribution in [2.24, 2.45) is 5.92 Å². The van der Waals surface area contributed by atoms with Crippen LogP contribution in [-0.4, -0.2) is 31.1 Å². The van der Waals surface area contributed by atoms with E-state index in [1.165, 1.54) is 6.07 Å². The normalized spacial score (nSPS) is 10.6. The summed E-state index contributed by atoms with van der Waals surface area (Å²) in [7, 11) is 0. The summed E-state index contributed by atoms with van der Waals surface area (Å²) >= 11 is 0. The SMILES string of the molecule is CC(C)CNC(=O)NC(=O)COC(=O)c1cc2ccccc2o1. The third-order valence-corrected chi connectivity index (χ3v) is 2.88. The number of hydrogen-bond donors (Lipinski definition) is 2. The second-order valence-corrected chi connectivity index (χ2v) is 5.38. The summed E-state index contributed by atoms with van der Waals surface area (Å²) in [4.78, 5) is 34.7. The predicted octanol–water partition coefficient (Wildman–Crippen LogP) is 2.07. The molecule has 0 aliphatic heterocycles. The molecule has 0 aliphatic rings. The maximum absolute atomic E-state index is 11.8. The number of urea groups is 1. The zero-order chi connectivity index (χ0) is 16.8. The van der Waals surface area contributed by atoms with Crippen molar-refractivity contribution >= 4 is 28.9 Å². The highest BCUT2D eigenvalue weighted by atomic mass is 16.5. The number of nitrogens with one attached hydrogen (secondary N) is 2. The Balaban J connectivity index is 1.81. The lowest BCUT2D eigenvalue weighted by atomic mass is 10.2. The van der Waals surface area contributed by atoms with Gasteiger partial charge in [-0.1, -0.05) is 32.0 Å². The van der Waals surface area contributed by atoms with Gasteiger partial charge < -0.3 is 14.5 Å². The van der Waals surface area contributed by atoms with Crippen LogP contribution in [0.25, 0.3) is 11.0 Å². The molecule has 122 valence electrons. The molecule has 3 amide bonds. The quantitative estimate of drug-likeness (QED) is 0.823. The fourth-order valence-corrected chi connectivity index (χ4v) is 1.79. The zero-order valence-corrected chi connectivity index (χ0v) is 12.9. The molecular weight excluding hydrogens is 300 g/mol. The molecule has 1 heterocycles. The number of esters is 1. The molecule has 2 N–H and O–H groups in total. The predicted molar refractivity (Wildman–Crippen MR) is 82.9 cm³/mol. The lowest BCUT2D eigenvalue weighted by molar-refractivity contribution is -0.123. The van der Waals surface area contributed by atoms with Crippen molar-refractivity contribution in [3.63, 3.8) is 0 Å². The Hall–Kier alpha value is -2.83. The molecule has 0 aliphatic carbocycles. The largest absolute Gasteiger partial charge is 0.450 e. The number of ether oxygens (including phenoxy) is 1. The molecule has 23 heavy (non-hydrogen) atoms. The third-order valence-electron chi connectivity index (χ3n) is 2.88. The minimum absolute atomic E-state index is 0.00302. The molecule has 0 radical (unpaired) electrons. The first-order valence-corrected chi connectivity index (χ1v) is 7.19. The van der Waals surface area contributed by atoms with Crippen molar-refractivity contribution in [3.8, 4) is 0 Å². The van der Waals surface area contributed by atoms with Crippen molar-refractivity contribution < 1.29 is 23.5 Å². The molecule has 0 spiro atoms. The molecule has 0 unspecified atom stereocenters. The van der Waals surface area contributed by atoms with Gasteiger partial charge in [0.15, 0.2) is 6.61 Å². The Kier molecular flexibility index (Phi) is 5.35. The monoisotopic (exact) mass is 318 g/mol. The van der Waals surface area contributed by atoms with Crippen LogP contribution in [0, 0.1) is 5.92 Å². The van der Waals surface area contributed by atoms with Crippen LogP contribution in [0.5, 0.6) is 0 Å². The van der Waals surface area contributed by atoms with E-state index in [4.69, 9.17) is 9.15 Å². The van der Waals surface area contributed by atoms with Crippen molar-refractivity contribution in [1.82, 2.24) is 10.6 Å². The molecule has 0 bridgehead atoms. The average Bonchev–Trinajstić information content (AvgIpc) is 2.94. The summed E-state index contributed by atoms with van der Waals surface area (Å²) < 4.78 is 10.1. The van der Waals surface area contributed by atoms with Gasteiger partial charge in [-0.2, -0.15) is 0 Å². The van der Waals surface area contributed by atoms with E-state index < -0.39 is 24.5 Å². The number of fused-ring (bicyclic) bond motifs is 1. The molecule has 7 heteroatoms. The van der Waals surface area contributed by atoms with Gasteiger partial charge in [0.05, 0.1) is 0 Å². The Morgan fingerprint density at radius 3 is 2.65 bits per heavy atom. The van der Waals surface area contributed by atoms with Gasteiger partial charge in [0, 0.05) is 11.9 Å². The van der Waals surface area contributed by atoms with Gasteiger partial charge in [0.2, 0.25) is 5.76 Å². The van der Waals surface area contributed by atoms with Crippen LogP contribution in [0.3, 0.4) is 0 Å². The van der Waals surface area contributed by atoms with E-state index in [1.54, 1.807) is 18.2 Å². The van der Waals surface area contributed by atoms with Gasteiger partial charge in [-0.05, 0) is 18.1 Å². The van der Waals surface area contributed by atoms with E-state index in [-0.39, 0.29) is 11.7 Å². The number of benzene rings is 1. The molecule has 0 fully saturated rings. The molecule has 0 saturated heterocycles. The standard InChI is InChI=1S/C16H18N2O5/c1-10(2)8-17-16(21)18-14(19)9-22-15(20)13-7-11-5-3-4-6-12(11)23-13/h3-7,10H,8-9H2,1-2H3,(H2,17,18,19,21). The van der Waals surface area contributed by atoms with Gasteiger partial charge in [0.25, 0.3) is 5.91 Å². The molecule has 2 rings (SSSR count). The van der Waals surface area contributed by atoms with Gasteiger partial charge in [-0.3, -0.25) is 10.1 Å². The number of carbonyl (C=O) groups excluding carboxylic acids is 3. The first kappa shape index (κ1) is 16.5. The summed E-state index contributed by atoms with van der Waals surface area (Å²) in [6.07, 6.45) is 0. The third kappa shape index (κ3) is 4.84. The number of imide groups is 1. The Labute approximate surface area is 133 Å². The fraction of sp³-hybridized carbons (Fsp3) is 0.312. The van der Waals surface area contributed by atoms with Crippen molar-refractivity contribution in [1.29, 1.82) is 0 Å². The van der Waals surface area contributed by atoms with Crippen LogP contribution >= 0.6 is 0 Å². The smallest absolute Gasteiger partial charge is 0.374 e. The molecule has 2 aromatic rings. The maximum atomic E-state index is 11.8. The Morgan fingerprint density at radius 1 is 1.22 bits per heavy atom. The highest BCUT2D eigenvalue weighted by Gasteiger charge is 2.16. The number of rotatable bonds is 5. The second kappa shape index (κ2) is 7.44. The number of amides is 3. The summed E-state index contributed by atoms with van der Waals surface area (Å²) in [5.74, 6) is -1.21. The Bertz CT molecular complexity index is 687. The van der Waals surface area contributed by atoms with Gasteiger partial charge in [-0.25, -0.2) is 9.59 Å². The number of furan rings is 1. The average molecular weight is 318 g/mol. The molecule has 0 atom stereocenters. The van der Waals surface area contributed by atoms with Crippen LogP contribution in [0.2, 0.25) is 0 Å². The lowest BCUT2D eigenvalue weighted by Gasteiger charge is -2.08. The summed E-state index contributed by atoms with van der Waals surface area (Å²) in [5.41, 5.74) is 0.553. The van der Waals surface area contributed by atoms with Crippen LogP contribution in [-0.2, 0) is 9.53 Å². The lowest BCUT2D eigenvalue weighted by Crippen LogP contribution is -2.42. The molecule has 1 aromatic heterocycles. The highest BCUT2D eigenvalue weighted by molar-refractivity contribution is 5.97. The maximum Gasteiger partial charge on any atom is 0.374 e. The summed E-state index contributed by atoms with van der Waals surface area (Å²) in [6.45, 7) is 3.73. The fourth-order valence-electron chi connectivity index (χ4n) is 1.79. The van der Waals surface area contributed by atoms with E-state index in [9.17, 15) is 14.4 Å². The topological polar surface area (TPSA) is 97.6 Å². The van der Waals surface area contributed by atoms with Crippen molar-refractivity contribution in [2.45, 2.75) is 13.8 Å². The van der Waals surface area contributed by atoms with E-state index in [0.717, 1.165) is 5.39 Å². The first-order chi connectivity index (χ1) is 11.0. The second-order valence-electron chi connectivity index (χ2n) is 5.38. The number of carbonyl (C=O) groups is 3. The zero-order valence-electron chi connectivity index (χ0n) is 12.9. The Morgan fingerprint density at radius 2 is 1.96 bits per heavy atom. The summed E-state index contributed by atoms with van der Waals surface area (Å²) in [5, 5.41) is 5.35. The molecule has 0 saturated carbocycles. The molecular formula is C16H18N2O5.